The second-order valence-corrected chi connectivity index (χ2v) is 2.33. The first-order valence-electron chi connectivity index (χ1n) is 3.24. The summed E-state index contributed by atoms with van der Waals surface area (Å²) in [5.41, 5.74) is 13.8. The molecule has 10 heavy (non-hydrogen) atoms. The van der Waals surface area contributed by atoms with Crippen molar-refractivity contribution in [1.82, 2.24) is 5.43 Å². The van der Waals surface area contributed by atoms with Gasteiger partial charge in [0.25, 0.3) is 0 Å². The van der Waals surface area contributed by atoms with E-state index in [1.165, 1.54) is 0 Å². The number of rotatable bonds is 0. The van der Waals surface area contributed by atoms with Gasteiger partial charge >= 0.3 is 0 Å². The Bertz CT molecular complexity index is 246. The first kappa shape index (κ1) is 5.70. The maximum Gasteiger partial charge on any atom is 0.100 e. The molecule has 0 radical (unpaired) electrons. The lowest BCUT2D eigenvalue weighted by atomic mass is 10.2. The molecule has 0 fully saturated rings. The van der Waals surface area contributed by atoms with Gasteiger partial charge in [-0.15, -0.1) is 0 Å². The highest BCUT2D eigenvalue weighted by molar-refractivity contribution is 5.54. The minimum Gasteiger partial charge on any atom is -0.319 e. The van der Waals surface area contributed by atoms with Gasteiger partial charge in [-0.1, -0.05) is 18.2 Å². The van der Waals surface area contributed by atoms with Gasteiger partial charge < -0.3 is 11.2 Å². The third kappa shape index (κ3) is 0.683. The van der Waals surface area contributed by atoms with Crippen LogP contribution in [-0.4, -0.2) is 0 Å². The highest BCUT2D eigenvalue weighted by Crippen LogP contribution is 2.23. The van der Waals surface area contributed by atoms with Crippen LogP contribution in [0, 0.1) is 0 Å². The Kier molecular flexibility index (Phi) is 1.12. The summed E-state index contributed by atoms with van der Waals surface area (Å²) >= 11 is 0. The van der Waals surface area contributed by atoms with Crippen LogP contribution in [-0.2, 0) is 0 Å². The van der Waals surface area contributed by atoms with E-state index < -0.39 is 0 Å². The molecule has 0 aliphatic carbocycles. The maximum absolute atomic E-state index is 5.67. The lowest BCUT2D eigenvalue weighted by molar-refractivity contribution is 0.655. The van der Waals surface area contributed by atoms with Gasteiger partial charge in [0.2, 0.25) is 0 Å². The van der Waals surface area contributed by atoms with Crippen molar-refractivity contribution in [3.63, 3.8) is 0 Å². The second-order valence-electron chi connectivity index (χ2n) is 2.33. The molecular formula is C7H9N3. The summed E-state index contributed by atoms with van der Waals surface area (Å²) in [5, 5.41) is 0. The van der Waals surface area contributed by atoms with Gasteiger partial charge in [-0.2, -0.15) is 0 Å². The van der Waals surface area contributed by atoms with Crippen molar-refractivity contribution in [2.45, 2.75) is 6.17 Å². The number of hydrogen-bond donors (Lipinski definition) is 3. The number of fused-ring (bicyclic) bond motifs is 1. The van der Waals surface area contributed by atoms with Gasteiger partial charge in [-0.3, -0.25) is 0 Å². The molecule has 0 saturated carbocycles. The molecule has 1 aromatic rings. The van der Waals surface area contributed by atoms with Crippen molar-refractivity contribution < 1.29 is 0 Å². The Morgan fingerprint density at radius 3 is 2.90 bits per heavy atom. The average molecular weight is 135 g/mol. The minimum absolute atomic E-state index is 0.0591. The first-order chi connectivity index (χ1) is 4.88. The molecule has 0 saturated heterocycles. The molecule has 0 amide bonds. The fraction of sp³-hybridized carbons (Fsp3) is 0.143. The van der Waals surface area contributed by atoms with E-state index in [4.69, 9.17) is 5.73 Å². The second kappa shape index (κ2) is 1.97. The quantitative estimate of drug-likeness (QED) is 0.487. The Labute approximate surface area is 59.2 Å². The SMILES string of the molecule is NC1NNc2ccccc21. The zero-order valence-electron chi connectivity index (χ0n) is 5.46. The number of hydrazine groups is 1. The van der Waals surface area contributed by atoms with Crippen molar-refractivity contribution in [3.05, 3.63) is 29.8 Å². The van der Waals surface area contributed by atoms with E-state index in [0.717, 1.165) is 11.3 Å². The van der Waals surface area contributed by atoms with Crippen molar-refractivity contribution in [1.29, 1.82) is 0 Å². The topological polar surface area (TPSA) is 50.1 Å². The fourth-order valence-corrected chi connectivity index (χ4v) is 1.12. The van der Waals surface area contributed by atoms with E-state index in [1.54, 1.807) is 0 Å². The molecule has 1 heterocycles. The minimum atomic E-state index is -0.0591. The van der Waals surface area contributed by atoms with E-state index in [1.807, 2.05) is 24.3 Å². The molecule has 4 N–H and O–H groups in total. The lowest BCUT2D eigenvalue weighted by Crippen LogP contribution is -2.25. The number of hydrogen-bond acceptors (Lipinski definition) is 3. The summed E-state index contributed by atoms with van der Waals surface area (Å²) in [6.07, 6.45) is -0.0591. The lowest BCUT2D eigenvalue weighted by Gasteiger charge is -1.99. The third-order valence-corrected chi connectivity index (χ3v) is 1.66. The number of nitrogens with two attached hydrogens (primary N) is 1. The van der Waals surface area contributed by atoms with Crippen LogP contribution in [0.15, 0.2) is 24.3 Å². The van der Waals surface area contributed by atoms with Crippen molar-refractivity contribution in [2.24, 2.45) is 5.73 Å². The molecule has 1 atom stereocenters. The zero-order chi connectivity index (χ0) is 6.97. The standard InChI is InChI=1S/C7H9N3/c8-7-5-3-1-2-4-6(5)9-10-7/h1-4,7,9-10H,8H2. The van der Waals surface area contributed by atoms with Crippen LogP contribution >= 0.6 is 0 Å². The predicted molar refractivity (Wildman–Crippen MR) is 40.1 cm³/mol. The first-order valence-corrected chi connectivity index (χ1v) is 3.24. The summed E-state index contributed by atoms with van der Waals surface area (Å²) in [4.78, 5) is 0. The highest BCUT2D eigenvalue weighted by Gasteiger charge is 2.15. The van der Waals surface area contributed by atoms with Crippen molar-refractivity contribution in [3.8, 4) is 0 Å². The summed E-state index contributed by atoms with van der Waals surface area (Å²) in [6, 6.07) is 7.96. The summed E-state index contributed by atoms with van der Waals surface area (Å²) < 4.78 is 0. The summed E-state index contributed by atoms with van der Waals surface area (Å²) in [6.45, 7) is 0. The average Bonchev–Trinajstić information content (AvgIpc) is 2.34. The number of nitrogens with one attached hydrogen (secondary N) is 2. The van der Waals surface area contributed by atoms with Crippen LogP contribution in [0.25, 0.3) is 0 Å². The molecule has 3 heteroatoms. The van der Waals surface area contributed by atoms with E-state index >= 15 is 0 Å². The van der Waals surface area contributed by atoms with Crippen molar-refractivity contribution in [2.75, 3.05) is 5.43 Å². The summed E-state index contributed by atoms with van der Waals surface area (Å²) in [7, 11) is 0. The molecule has 2 rings (SSSR count). The Balaban J connectivity index is 2.51. The normalized spacial score (nSPS) is 21.9. The Morgan fingerprint density at radius 2 is 2.10 bits per heavy atom. The molecule has 52 valence electrons. The van der Waals surface area contributed by atoms with Gasteiger partial charge in [0.1, 0.15) is 6.17 Å². The summed E-state index contributed by atoms with van der Waals surface area (Å²) in [5.74, 6) is 0. The van der Waals surface area contributed by atoms with Gasteiger partial charge in [0.15, 0.2) is 0 Å². The van der Waals surface area contributed by atoms with E-state index in [9.17, 15) is 0 Å². The Hall–Kier alpha value is -1.06. The maximum atomic E-state index is 5.67. The van der Waals surface area contributed by atoms with E-state index in [0.29, 0.717) is 0 Å². The van der Waals surface area contributed by atoms with Crippen LogP contribution < -0.4 is 16.6 Å². The zero-order valence-corrected chi connectivity index (χ0v) is 5.46. The Morgan fingerprint density at radius 1 is 1.30 bits per heavy atom. The monoisotopic (exact) mass is 135 g/mol. The fourth-order valence-electron chi connectivity index (χ4n) is 1.12. The smallest absolute Gasteiger partial charge is 0.100 e. The molecule has 0 spiro atoms. The molecule has 1 aliphatic rings. The van der Waals surface area contributed by atoms with Crippen LogP contribution in [0.4, 0.5) is 5.69 Å². The van der Waals surface area contributed by atoms with Gasteiger partial charge in [-0.05, 0) is 6.07 Å². The van der Waals surface area contributed by atoms with Crippen LogP contribution in [0.5, 0.6) is 0 Å². The van der Waals surface area contributed by atoms with Gasteiger partial charge in [0.05, 0.1) is 5.69 Å². The van der Waals surface area contributed by atoms with Crippen LogP contribution in [0.3, 0.4) is 0 Å². The molecule has 0 aromatic heterocycles. The van der Waals surface area contributed by atoms with Crippen LogP contribution in [0.2, 0.25) is 0 Å². The third-order valence-electron chi connectivity index (χ3n) is 1.66. The van der Waals surface area contributed by atoms with Gasteiger partial charge in [-0.25, -0.2) is 5.43 Å². The number of benzene rings is 1. The number of para-hydroxylation sites is 1. The van der Waals surface area contributed by atoms with Crippen molar-refractivity contribution >= 4 is 5.69 Å². The molecule has 0 bridgehead atoms. The van der Waals surface area contributed by atoms with E-state index in [-0.39, 0.29) is 6.17 Å². The molecule has 1 aliphatic heterocycles. The molecule has 3 nitrogen and oxygen atoms in total. The largest absolute Gasteiger partial charge is 0.319 e. The van der Waals surface area contributed by atoms with E-state index in [2.05, 4.69) is 10.9 Å². The number of anilines is 1. The predicted octanol–water partition coefficient (Wildman–Crippen LogP) is 0.574. The van der Waals surface area contributed by atoms with Gasteiger partial charge in [0, 0.05) is 5.56 Å². The van der Waals surface area contributed by atoms with Crippen LogP contribution in [0.1, 0.15) is 11.7 Å². The molecule has 1 unspecified atom stereocenters. The highest BCUT2D eigenvalue weighted by atomic mass is 15.4. The molecular weight excluding hydrogens is 126 g/mol. The molecule has 1 aromatic carbocycles.